The molecule has 0 fully saturated rings. The molecule has 0 saturated carbocycles. The first-order valence-corrected chi connectivity index (χ1v) is 7.25. The first-order chi connectivity index (χ1) is 8.06. The molecule has 0 N–H and O–H groups in total. The normalized spacial score (nSPS) is 10.9. The second kappa shape index (κ2) is 7.24. The predicted molar refractivity (Wildman–Crippen MR) is 80.5 cm³/mol. The zero-order valence-electron chi connectivity index (χ0n) is 10.7. The fourth-order valence-corrected chi connectivity index (χ4v) is 2.77. The van der Waals surface area contributed by atoms with Crippen LogP contribution in [0.4, 0.5) is 5.69 Å². The summed E-state index contributed by atoms with van der Waals surface area (Å²) >= 11 is 9.69. The number of anilines is 1. The summed E-state index contributed by atoms with van der Waals surface area (Å²) in [6.07, 6.45) is 1.15. The molecule has 0 saturated heterocycles. The van der Waals surface area contributed by atoms with Gasteiger partial charge in [0.1, 0.15) is 0 Å². The number of hydrogen-bond donors (Lipinski definition) is 0. The largest absolute Gasteiger partial charge is 0.374 e. The molecule has 0 radical (unpaired) electrons. The van der Waals surface area contributed by atoms with E-state index in [1.807, 2.05) is 12.1 Å². The minimum absolute atomic E-state index is 0.792. The van der Waals surface area contributed by atoms with Crippen LogP contribution in [-0.4, -0.2) is 39.1 Å². The number of alkyl halides is 1. The lowest BCUT2D eigenvalue weighted by Gasteiger charge is -2.23. The Morgan fingerprint density at radius 1 is 1.18 bits per heavy atom. The summed E-state index contributed by atoms with van der Waals surface area (Å²) in [6.45, 7) is 2.15. The first kappa shape index (κ1) is 14.8. The molecular formula is C13H20BrClN2. The zero-order valence-corrected chi connectivity index (χ0v) is 13.1. The molecule has 1 rings (SSSR count). The van der Waals surface area contributed by atoms with Gasteiger partial charge in [0, 0.05) is 35.2 Å². The Labute approximate surface area is 118 Å². The van der Waals surface area contributed by atoms with E-state index >= 15 is 0 Å². The minimum Gasteiger partial charge on any atom is -0.374 e. The van der Waals surface area contributed by atoms with Gasteiger partial charge in [0.15, 0.2) is 0 Å². The first-order valence-electron chi connectivity index (χ1n) is 5.75. The molecule has 96 valence electrons. The summed E-state index contributed by atoms with van der Waals surface area (Å²) in [4.78, 5) is 4.48. The Morgan fingerprint density at radius 3 is 2.47 bits per heavy atom. The van der Waals surface area contributed by atoms with E-state index in [-0.39, 0.29) is 0 Å². The Morgan fingerprint density at radius 2 is 1.88 bits per heavy atom. The summed E-state index contributed by atoms with van der Waals surface area (Å²) in [5.74, 6) is 0. The predicted octanol–water partition coefficient (Wildman–Crippen LogP) is 3.62. The average molecular weight is 320 g/mol. The molecule has 2 nitrogen and oxygen atoms in total. The molecule has 0 atom stereocenters. The third kappa shape index (κ3) is 4.49. The summed E-state index contributed by atoms with van der Waals surface area (Å²) in [5, 5.41) is 1.62. The fraction of sp³-hybridized carbons (Fsp3) is 0.538. The summed E-state index contributed by atoms with van der Waals surface area (Å²) in [5.41, 5.74) is 2.38. The Bertz CT molecular complexity index is 355. The number of halogens is 2. The van der Waals surface area contributed by atoms with Gasteiger partial charge in [0.05, 0.1) is 0 Å². The fourth-order valence-electron chi connectivity index (χ4n) is 1.78. The van der Waals surface area contributed by atoms with Crippen LogP contribution in [0.2, 0.25) is 5.02 Å². The lowest BCUT2D eigenvalue weighted by Crippen LogP contribution is -2.24. The van der Waals surface area contributed by atoms with Gasteiger partial charge in [0.2, 0.25) is 0 Å². The lowest BCUT2D eigenvalue weighted by atomic mass is 10.2. The van der Waals surface area contributed by atoms with Crippen molar-refractivity contribution >= 4 is 33.2 Å². The van der Waals surface area contributed by atoms with Crippen LogP contribution in [-0.2, 0) is 5.33 Å². The number of nitrogens with zero attached hydrogens (tertiary/aromatic N) is 2. The van der Waals surface area contributed by atoms with E-state index in [1.54, 1.807) is 0 Å². The van der Waals surface area contributed by atoms with Crippen LogP contribution >= 0.6 is 27.5 Å². The van der Waals surface area contributed by atoms with E-state index in [4.69, 9.17) is 11.6 Å². The van der Waals surface area contributed by atoms with Gasteiger partial charge in [-0.2, -0.15) is 0 Å². The van der Waals surface area contributed by atoms with Crippen molar-refractivity contribution in [3.8, 4) is 0 Å². The lowest BCUT2D eigenvalue weighted by molar-refractivity contribution is 0.401. The molecule has 0 bridgehead atoms. The quantitative estimate of drug-likeness (QED) is 0.739. The topological polar surface area (TPSA) is 6.48 Å². The van der Waals surface area contributed by atoms with Crippen LogP contribution in [0.3, 0.4) is 0 Å². The van der Waals surface area contributed by atoms with Gasteiger partial charge in [-0.25, -0.2) is 0 Å². The molecule has 0 aliphatic carbocycles. The van der Waals surface area contributed by atoms with Crippen molar-refractivity contribution in [2.45, 2.75) is 11.8 Å². The van der Waals surface area contributed by atoms with E-state index in [0.717, 1.165) is 29.9 Å². The van der Waals surface area contributed by atoms with Crippen LogP contribution in [0, 0.1) is 0 Å². The SMILES string of the molecule is CN(C)CCCN(C)c1cccc(Cl)c1CBr. The molecular weight excluding hydrogens is 300 g/mol. The molecule has 17 heavy (non-hydrogen) atoms. The molecule has 0 aliphatic heterocycles. The van der Waals surface area contributed by atoms with Crippen molar-refractivity contribution in [1.82, 2.24) is 4.90 Å². The Balaban J connectivity index is 2.68. The molecule has 0 aliphatic rings. The van der Waals surface area contributed by atoms with Crippen LogP contribution in [0.5, 0.6) is 0 Å². The highest BCUT2D eigenvalue weighted by molar-refractivity contribution is 9.08. The van der Waals surface area contributed by atoms with Crippen molar-refractivity contribution in [1.29, 1.82) is 0 Å². The number of rotatable bonds is 6. The van der Waals surface area contributed by atoms with Gasteiger partial charge in [-0.15, -0.1) is 0 Å². The number of benzene rings is 1. The third-order valence-corrected chi connectivity index (χ3v) is 3.65. The van der Waals surface area contributed by atoms with Gasteiger partial charge in [-0.3, -0.25) is 0 Å². The minimum atomic E-state index is 0.792. The maximum absolute atomic E-state index is 6.19. The van der Waals surface area contributed by atoms with Crippen LogP contribution < -0.4 is 4.90 Å². The van der Waals surface area contributed by atoms with E-state index in [1.165, 1.54) is 11.3 Å². The second-order valence-corrected chi connectivity index (χ2v) is 5.42. The van der Waals surface area contributed by atoms with Crippen molar-refractivity contribution in [3.05, 3.63) is 28.8 Å². The van der Waals surface area contributed by atoms with Crippen molar-refractivity contribution < 1.29 is 0 Å². The molecule has 0 unspecified atom stereocenters. The average Bonchev–Trinajstić information content (AvgIpc) is 2.28. The van der Waals surface area contributed by atoms with Gasteiger partial charge in [0.25, 0.3) is 0 Å². The van der Waals surface area contributed by atoms with Gasteiger partial charge < -0.3 is 9.80 Å². The van der Waals surface area contributed by atoms with E-state index in [9.17, 15) is 0 Å². The molecule has 1 aromatic rings. The summed E-state index contributed by atoms with van der Waals surface area (Å²) < 4.78 is 0. The summed E-state index contributed by atoms with van der Waals surface area (Å²) in [6, 6.07) is 6.07. The van der Waals surface area contributed by atoms with Gasteiger partial charge >= 0.3 is 0 Å². The van der Waals surface area contributed by atoms with E-state index in [0.29, 0.717) is 0 Å². The number of hydrogen-bond acceptors (Lipinski definition) is 2. The molecule has 0 spiro atoms. The highest BCUT2D eigenvalue weighted by Gasteiger charge is 2.09. The van der Waals surface area contributed by atoms with Crippen molar-refractivity contribution in [3.63, 3.8) is 0 Å². The monoisotopic (exact) mass is 318 g/mol. The Hall–Kier alpha value is -0.250. The highest BCUT2D eigenvalue weighted by Crippen LogP contribution is 2.28. The highest BCUT2D eigenvalue weighted by atomic mass is 79.9. The van der Waals surface area contributed by atoms with Gasteiger partial charge in [-0.05, 0) is 39.2 Å². The maximum Gasteiger partial charge on any atom is 0.0467 e. The standard InChI is InChI=1S/C13H20BrClN2/c1-16(2)8-5-9-17(3)13-7-4-6-12(15)11(13)10-14/h4,6-7H,5,8-10H2,1-3H3. The van der Waals surface area contributed by atoms with E-state index in [2.05, 4.69) is 52.9 Å². The van der Waals surface area contributed by atoms with Crippen LogP contribution in [0.25, 0.3) is 0 Å². The van der Waals surface area contributed by atoms with E-state index < -0.39 is 0 Å². The maximum atomic E-state index is 6.19. The molecule has 0 amide bonds. The molecule has 0 heterocycles. The zero-order chi connectivity index (χ0) is 12.8. The molecule has 0 aromatic heterocycles. The molecule has 1 aromatic carbocycles. The smallest absolute Gasteiger partial charge is 0.0467 e. The van der Waals surface area contributed by atoms with Crippen molar-refractivity contribution in [2.24, 2.45) is 0 Å². The van der Waals surface area contributed by atoms with Crippen LogP contribution in [0.1, 0.15) is 12.0 Å². The Kier molecular flexibility index (Phi) is 6.31. The van der Waals surface area contributed by atoms with Crippen molar-refractivity contribution in [2.75, 3.05) is 39.1 Å². The van der Waals surface area contributed by atoms with Gasteiger partial charge in [-0.1, -0.05) is 33.6 Å². The van der Waals surface area contributed by atoms with Crippen LogP contribution in [0.15, 0.2) is 18.2 Å². The molecule has 4 heteroatoms. The third-order valence-electron chi connectivity index (χ3n) is 2.74. The second-order valence-electron chi connectivity index (χ2n) is 4.45. The summed E-state index contributed by atoms with van der Waals surface area (Å²) in [7, 11) is 6.32.